The molecule has 6 nitrogen and oxygen atoms in total. The molecule has 2 aliphatic rings. The zero-order valence-electron chi connectivity index (χ0n) is 21.1. The number of rotatable bonds is 5. The third-order valence-corrected chi connectivity index (χ3v) is 6.03. The van der Waals surface area contributed by atoms with Crippen molar-refractivity contribution in [3.63, 3.8) is 0 Å². The van der Waals surface area contributed by atoms with Crippen molar-refractivity contribution in [3.05, 3.63) is 78.3 Å². The maximum Gasteiger partial charge on any atom is 0.141 e. The summed E-state index contributed by atoms with van der Waals surface area (Å²) < 4.78 is 5.27. The highest BCUT2D eigenvalue weighted by molar-refractivity contribution is 6.11. The fourth-order valence-corrected chi connectivity index (χ4v) is 4.12. The van der Waals surface area contributed by atoms with Gasteiger partial charge in [-0.15, -0.1) is 0 Å². The number of methoxy groups -OCH3 is 1. The number of likely N-dealkylation sites (N-methyl/N-ethyl adjacent to an activating group) is 1. The minimum atomic E-state index is 0.607. The first-order valence-corrected chi connectivity index (χ1v) is 11.8. The fraction of sp³-hybridized carbons (Fsp3) is 0.321. The summed E-state index contributed by atoms with van der Waals surface area (Å²) in [5, 5.41) is 0. The van der Waals surface area contributed by atoms with Crippen LogP contribution in [0.25, 0.3) is 11.1 Å². The van der Waals surface area contributed by atoms with Crippen molar-refractivity contribution < 1.29 is 4.74 Å². The topological polar surface area (TPSA) is 57.3 Å². The van der Waals surface area contributed by atoms with E-state index >= 15 is 0 Å². The molecule has 180 valence electrons. The minimum Gasteiger partial charge on any atom is -0.495 e. The second kappa shape index (κ2) is 11.6. The lowest BCUT2D eigenvalue weighted by Crippen LogP contribution is -2.44. The molecule has 0 radical (unpaired) electrons. The van der Waals surface area contributed by atoms with Gasteiger partial charge in [0.2, 0.25) is 0 Å². The van der Waals surface area contributed by atoms with Crippen molar-refractivity contribution in [2.45, 2.75) is 13.8 Å². The molecule has 0 amide bonds. The number of nitrogens with two attached hydrogens (primary N) is 1. The Morgan fingerprint density at radius 1 is 1.06 bits per heavy atom. The molecule has 2 aromatic rings. The van der Waals surface area contributed by atoms with Crippen LogP contribution in [0.2, 0.25) is 0 Å². The maximum absolute atomic E-state index is 6.09. The number of piperazine rings is 1. The lowest BCUT2D eigenvalue weighted by atomic mass is 10.0. The number of ether oxygens (including phenoxy) is 1. The van der Waals surface area contributed by atoms with E-state index in [1.807, 2.05) is 56.3 Å². The molecular formula is C28H37N5O. The molecule has 0 aromatic heterocycles. The number of anilines is 2. The standard InChI is InChI=1S/C26H31N5O.C2H6/c1-5-23(20-7-6-8-22(15-20)31-13-11-29(2)12-14-31)26-28-17-21(18-30(26)3)19-9-10-25(32-4)24(27)16-19;1-2/h5-10,15-18H,1,11-14,27H2,2-4H3;1-2H3/b26-23+;. The molecule has 0 saturated carbocycles. The summed E-state index contributed by atoms with van der Waals surface area (Å²) in [7, 11) is 5.80. The van der Waals surface area contributed by atoms with Crippen molar-refractivity contribution in [1.82, 2.24) is 9.80 Å². The van der Waals surface area contributed by atoms with Crippen LogP contribution >= 0.6 is 0 Å². The molecule has 2 aromatic carbocycles. The SMILES string of the molecule is C=C/C(=C1/N=CC(c2ccc(OC)c(N)c2)=CN1C)c1cccc(N2CCN(C)CC2)c1.CC. The smallest absolute Gasteiger partial charge is 0.141 e. The predicted octanol–water partition coefficient (Wildman–Crippen LogP) is 4.97. The Labute approximate surface area is 204 Å². The maximum atomic E-state index is 6.09. The molecular weight excluding hydrogens is 422 g/mol. The Balaban J connectivity index is 0.00000158. The van der Waals surface area contributed by atoms with Gasteiger partial charge >= 0.3 is 0 Å². The normalized spacial score (nSPS) is 17.5. The van der Waals surface area contributed by atoms with E-state index in [0.717, 1.165) is 54.3 Å². The molecule has 0 unspecified atom stereocenters. The lowest BCUT2D eigenvalue weighted by Gasteiger charge is -2.34. The number of nitrogens with zero attached hydrogens (tertiary/aromatic N) is 4. The number of allylic oxidation sites excluding steroid dienone is 3. The Morgan fingerprint density at radius 3 is 2.41 bits per heavy atom. The second-order valence-corrected chi connectivity index (χ2v) is 8.19. The summed E-state index contributed by atoms with van der Waals surface area (Å²) in [6, 6.07) is 14.4. The summed E-state index contributed by atoms with van der Waals surface area (Å²) in [6.07, 6.45) is 5.83. The van der Waals surface area contributed by atoms with Gasteiger partial charge in [0, 0.05) is 62.5 Å². The highest BCUT2D eigenvalue weighted by Crippen LogP contribution is 2.31. The minimum absolute atomic E-state index is 0.607. The van der Waals surface area contributed by atoms with Crippen molar-refractivity contribution in [2.24, 2.45) is 4.99 Å². The Morgan fingerprint density at radius 2 is 1.79 bits per heavy atom. The second-order valence-electron chi connectivity index (χ2n) is 8.19. The van der Waals surface area contributed by atoms with Crippen LogP contribution in [-0.4, -0.2) is 63.4 Å². The molecule has 4 rings (SSSR count). The molecule has 0 aliphatic carbocycles. The average molecular weight is 460 g/mol. The van der Waals surface area contributed by atoms with Crippen LogP contribution in [0, 0.1) is 0 Å². The van der Waals surface area contributed by atoms with Gasteiger partial charge in [-0.1, -0.05) is 44.7 Å². The van der Waals surface area contributed by atoms with Gasteiger partial charge in [-0.3, -0.25) is 0 Å². The Kier molecular flexibility index (Phi) is 8.55. The van der Waals surface area contributed by atoms with Gasteiger partial charge in [0.05, 0.1) is 12.8 Å². The first kappa shape index (κ1) is 25.1. The quantitative estimate of drug-likeness (QED) is 0.640. The van der Waals surface area contributed by atoms with E-state index in [2.05, 4.69) is 53.9 Å². The van der Waals surface area contributed by atoms with Crippen molar-refractivity contribution in [2.75, 3.05) is 58.0 Å². The zero-order valence-corrected chi connectivity index (χ0v) is 21.1. The van der Waals surface area contributed by atoms with Gasteiger partial charge in [-0.25, -0.2) is 4.99 Å². The third-order valence-electron chi connectivity index (χ3n) is 6.03. The van der Waals surface area contributed by atoms with Crippen LogP contribution in [0.5, 0.6) is 5.75 Å². The van der Waals surface area contributed by atoms with Crippen LogP contribution in [-0.2, 0) is 0 Å². The fourth-order valence-electron chi connectivity index (χ4n) is 4.12. The summed E-state index contributed by atoms with van der Waals surface area (Å²) in [5.41, 5.74) is 12.0. The van der Waals surface area contributed by atoms with E-state index < -0.39 is 0 Å². The van der Waals surface area contributed by atoms with Crippen LogP contribution in [0.4, 0.5) is 11.4 Å². The van der Waals surface area contributed by atoms with E-state index in [1.54, 1.807) is 7.11 Å². The zero-order chi connectivity index (χ0) is 24.7. The van der Waals surface area contributed by atoms with Crippen LogP contribution < -0.4 is 15.4 Å². The summed E-state index contributed by atoms with van der Waals surface area (Å²) in [5.74, 6) is 1.53. The first-order valence-electron chi connectivity index (χ1n) is 11.8. The number of nitrogen functional groups attached to an aromatic ring is 1. The summed E-state index contributed by atoms with van der Waals surface area (Å²) in [6.45, 7) is 12.3. The van der Waals surface area contributed by atoms with E-state index in [1.165, 1.54) is 5.69 Å². The molecule has 2 heterocycles. The molecule has 34 heavy (non-hydrogen) atoms. The van der Waals surface area contributed by atoms with Crippen molar-refractivity contribution in [3.8, 4) is 5.75 Å². The number of benzene rings is 2. The third kappa shape index (κ3) is 5.51. The van der Waals surface area contributed by atoms with Gasteiger partial charge in [0.1, 0.15) is 11.6 Å². The number of hydrogen-bond acceptors (Lipinski definition) is 6. The highest BCUT2D eigenvalue weighted by atomic mass is 16.5. The average Bonchev–Trinajstić information content (AvgIpc) is 2.87. The number of hydrogen-bond donors (Lipinski definition) is 1. The van der Waals surface area contributed by atoms with E-state index in [9.17, 15) is 0 Å². The van der Waals surface area contributed by atoms with Crippen molar-refractivity contribution in [1.29, 1.82) is 0 Å². The Bertz CT molecular complexity index is 1090. The van der Waals surface area contributed by atoms with Crippen LogP contribution in [0.1, 0.15) is 25.0 Å². The van der Waals surface area contributed by atoms with E-state index in [-0.39, 0.29) is 0 Å². The largest absolute Gasteiger partial charge is 0.495 e. The van der Waals surface area contributed by atoms with Gasteiger partial charge in [-0.05, 0) is 42.4 Å². The van der Waals surface area contributed by atoms with Crippen molar-refractivity contribution >= 4 is 28.7 Å². The molecule has 2 aliphatic heterocycles. The van der Waals surface area contributed by atoms with Crippen LogP contribution in [0.3, 0.4) is 0 Å². The molecule has 1 fully saturated rings. The molecule has 0 bridgehead atoms. The molecule has 6 heteroatoms. The summed E-state index contributed by atoms with van der Waals surface area (Å²) in [4.78, 5) is 11.6. The molecule has 0 atom stereocenters. The monoisotopic (exact) mass is 459 g/mol. The molecule has 1 saturated heterocycles. The van der Waals surface area contributed by atoms with Gasteiger partial charge in [-0.2, -0.15) is 0 Å². The Hall–Kier alpha value is -3.51. The predicted molar refractivity (Wildman–Crippen MR) is 146 cm³/mol. The van der Waals surface area contributed by atoms with Gasteiger partial charge in [0.15, 0.2) is 0 Å². The lowest BCUT2D eigenvalue weighted by molar-refractivity contribution is 0.313. The van der Waals surface area contributed by atoms with E-state index in [4.69, 9.17) is 15.5 Å². The highest BCUT2D eigenvalue weighted by Gasteiger charge is 2.18. The van der Waals surface area contributed by atoms with Gasteiger partial charge < -0.3 is 25.2 Å². The van der Waals surface area contributed by atoms with Crippen LogP contribution in [0.15, 0.2) is 72.1 Å². The molecule has 2 N–H and O–H groups in total. The first-order chi connectivity index (χ1) is 16.5. The number of aliphatic imine (C=N–C) groups is 1. The molecule has 0 spiro atoms. The van der Waals surface area contributed by atoms with Gasteiger partial charge in [0.25, 0.3) is 0 Å². The van der Waals surface area contributed by atoms with E-state index in [0.29, 0.717) is 11.4 Å². The summed E-state index contributed by atoms with van der Waals surface area (Å²) >= 11 is 0.